The van der Waals surface area contributed by atoms with Gasteiger partial charge in [-0.2, -0.15) is 4.98 Å². The Labute approximate surface area is 266 Å². The highest BCUT2D eigenvalue weighted by Gasteiger charge is 2.34. The molecule has 0 radical (unpaired) electrons. The van der Waals surface area contributed by atoms with Crippen LogP contribution in [0.2, 0.25) is 5.02 Å². The number of hydrogen-bond donors (Lipinski definition) is 2. The van der Waals surface area contributed by atoms with Crippen molar-refractivity contribution in [3.05, 3.63) is 141 Å². The summed E-state index contributed by atoms with van der Waals surface area (Å²) >= 11 is 7.88. The zero-order valence-corrected chi connectivity index (χ0v) is 26.2. The van der Waals surface area contributed by atoms with Crippen molar-refractivity contribution in [1.29, 1.82) is 0 Å². The third kappa shape index (κ3) is 6.51. The van der Waals surface area contributed by atoms with Crippen LogP contribution in [0.15, 0.2) is 113 Å². The van der Waals surface area contributed by atoms with Gasteiger partial charge in [-0.15, -0.1) is 5.10 Å². The number of anilines is 2. The van der Waals surface area contributed by atoms with Crippen molar-refractivity contribution in [2.75, 3.05) is 10.6 Å². The first-order valence-corrected chi connectivity index (χ1v) is 15.7. The molecular formula is C35H32ClN5O2S. The van der Waals surface area contributed by atoms with E-state index in [2.05, 4.69) is 35.8 Å². The number of para-hydroxylation sites is 1. The Morgan fingerprint density at radius 1 is 0.977 bits per heavy atom. The van der Waals surface area contributed by atoms with Gasteiger partial charge >= 0.3 is 0 Å². The predicted octanol–water partition coefficient (Wildman–Crippen LogP) is 8.35. The van der Waals surface area contributed by atoms with E-state index in [-0.39, 0.29) is 5.91 Å². The number of nitrogens with zero attached hydrogens (tertiary/aromatic N) is 3. The number of aryl methyl sites for hydroxylation is 2. The first-order chi connectivity index (χ1) is 21.4. The number of allylic oxidation sites excluding steroid dienone is 1. The molecule has 0 fully saturated rings. The van der Waals surface area contributed by atoms with Gasteiger partial charge in [-0.25, -0.2) is 4.68 Å². The second kappa shape index (κ2) is 13.0. The monoisotopic (exact) mass is 621 g/mol. The number of ether oxygens (including phenoxy) is 1. The van der Waals surface area contributed by atoms with E-state index >= 15 is 0 Å². The highest BCUT2D eigenvalue weighted by molar-refractivity contribution is 7.98. The highest BCUT2D eigenvalue weighted by atomic mass is 35.5. The summed E-state index contributed by atoms with van der Waals surface area (Å²) in [5.74, 6) is 1.72. The molecule has 1 unspecified atom stereocenters. The van der Waals surface area contributed by atoms with Crippen LogP contribution in [0.25, 0.3) is 0 Å². The molecule has 1 amide bonds. The molecule has 9 heteroatoms. The van der Waals surface area contributed by atoms with E-state index in [0.717, 1.165) is 33.7 Å². The summed E-state index contributed by atoms with van der Waals surface area (Å²) in [6.45, 7) is 6.41. The summed E-state index contributed by atoms with van der Waals surface area (Å²) < 4.78 is 7.87. The molecule has 222 valence electrons. The Morgan fingerprint density at radius 2 is 1.75 bits per heavy atom. The Balaban J connectivity index is 1.30. The number of aromatic nitrogens is 3. The third-order valence-electron chi connectivity index (χ3n) is 7.47. The summed E-state index contributed by atoms with van der Waals surface area (Å²) in [7, 11) is 0. The van der Waals surface area contributed by atoms with Crippen LogP contribution in [0.5, 0.6) is 5.75 Å². The van der Waals surface area contributed by atoms with Crippen LogP contribution < -0.4 is 15.4 Å². The van der Waals surface area contributed by atoms with Crippen LogP contribution in [0.3, 0.4) is 0 Å². The summed E-state index contributed by atoms with van der Waals surface area (Å²) in [4.78, 5) is 18.7. The van der Waals surface area contributed by atoms with Crippen molar-refractivity contribution < 1.29 is 9.53 Å². The van der Waals surface area contributed by atoms with Gasteiger partial charge in [0.05, 0.1) is 5.57 Å². The van der Waals surface area contributed by atoms with Gasteiger partial charge in [0.25, 0.3) is 5.91 Å². The van der Waals surface area contributed by atoms with Gasteiger partial charge in [0.2, 0.25) is 11.1 Å². The molecular weight excluding hydrogens is 590 g/mol. The van der Waals surface area contributed by atoms with Gasteiger partial charge in [-0.3, -0.25) is 4.79 Å². The molecule has 1 aliphatic rings. The van der Waals surface area contributed by atoms with Crippen molar-refractivity contribution in [2.24, 2.45) is 0 Å². The van der Waals surface area contributed by atoms with E-state index in [4.69, 9.17) is 26.4 Å². The molecule has 0 spiro atoms. The normalized spacial score (nSPS) is 14.1. The number of nitrogens with one attached hydrogen (secondary N) is 2. The average Bonchev–Trinajstić information content (AvgIpc) is 3.42. The van der Waals surface area contributed by atoms with Crippen molar-refractivity contribution in [2.45, 2.75) is 44.3 Å². The average molecular weight is 622 g/mol. The maximum absolute atomic E-state index is 13.9. The molecule has 0 aliphatic carbocycles. The first kappa shape index (κ1) is 29.5. The fraction of sp³-hybridized carbons (Fsp3) is 0.171. The van der Waals surface area contributed by atoms with Crippen molar-refractivity contribution in [1.82, 2.24) is 14.8 Å². The number of fused-ring (bicyclic) bond motifs is 1. The largest absolute Gasteiger partial charge is 0.489 e. The topological polar surface area (TPSA) is 81.1 Å². The predicted molar refractivity (Wildman–Crippen MR) is 177 cm³/mol. The smallest absolute Gasteiger partial charge is 0.255 e. The molecule has 0 saturated carbocycles. The van der Waals surface area contributed by atoms with Crippen LogP contribution in [-0.4, -0.2) is 20.7 Å². The number of thioether (sulfide) groups is 1. The quantitative estimate of drug-likeness (QED) is 0.161. The summed E-state index contributed by atoms with van der Waals surface area (Å²) in [6, 6.07) is 31.1. The van der Waals surface area contributed by atoms with Gasteiger partial charge < -0.3 is 15.4 Å². The lowest BCUT2D eigenvalue weighted by atomic mass is 9.95. The van der Waals surface area contributed by atoms with Gasteiger partial charge in [0.1, 0.15) is 18.4 Å². The maximum atomic E-state index is 13.9. The lowest BCUT2D eigenvalue weighted by molar-refractivity contribution is -0.113. The van der Waals surface area contributed by atoms with E-state index in [1.165, 1.54) is 17.3 Å². The summed E-state index contributed by atoms with van der Waals surface area (Å²) in [5.41, 5.74) is 7.20. The minimum atomic E-state index is -0.511. The number of rotatable bonds is 9. The van der Waals surface area contributed by atoms with Crippen LogP contribution in [-0.2, 0) is 17.2 Å². The van der Waals surface area contributed by atoms with Crippen molar-refractivity contribution in [3.8, 4) is 5.75 Å². The molecule has 2 N–H and O–H groups in total. The number of carbonyl (C=O) groups is 1. The summed E-state index contributed by atoms with van der Waals surface area (Å²) in [6.07, 6.45) is 0. The van der Waals surface area contributed by atoms with E-state index < -0.39 is 6.04 Å². The zero-order chi connectivity index (χ0) is 30.6. The lowest BCUT2D eigenvalue weighted by Crippen LogP contribution is -2.31. The summed E-state index contributed by atoms with van der Waals surface area (Å²) in [5, 5.41) is 12.6. The fourth-order valence-electron chi connectivity index (χ4n) is 5.17. The van der Waals surface area contributed by atoms with E-state index in [0.29, 0.717) is 39.8 Å². The molecule has 44 heavy (non-hydrogen) atoms. The van der Waals surface area contributed by atoms with Crippen LogP contribution in [0.4, 0.5) is 11.6 Å². The maximum Gasteiger partial charge on any atom is 0.255 e. The molecule has 6 rings (SSSR count). The van der Waals surface area contributed by atoms with Gasteiger partial charge in [-0.1, -0.05) is 102 Å². The Kier molecular flexibility index (Phi) is 8.72. The SMILES string of the molecule is CC1=C(C(=O)Nc2ccccc2C)C(c2ccc(OCc3cccc(C)c3)cc2)n2nc(SCc3ccccc3Cl)nc2N1. The number of amides is 1. The number of halogens is 1. The molecule has 1 aromatic heterocycles. The zero-order valence-electron chi connectivity index (χ0n) is 24.7. The molecule has 0 saturated heterocycles. The number of hydrogen-bond acceptors (Lipinski definition) is 6. The molecule has 4 aromatic carbocycles. The Bertz CT molecular complexity index is 1850. The van der Waals surface area contributed by atoms with Crippen LogP contribution in [0.1, 0.15) is 40.8 Å². The van der Waals surface area contributed by atoms with Crippen molar-refractivity contribution in [3.63, 3.8) is 0 Å². The third-order valence-corrected chi connectivity index (χ3v) is 8.72. The Hall–Kier alpha value is -4.53. The van der Waals surface area contributed by atoms with E-state index in [9.17, 15) is 4.79 Å². The Morgan fingerprint density at radius 3 is 2.52 bits per heavy atom. The second-order valence-electron chi connectivity index (χ2n) is 10.7. The molecule has 2 heterocycles. The van der Waals surface area contributed by atoms with E-state index in [1.54, 1.807) is 4.68 Å². The second-order valence-corrected chi connectivity index (χ2v) is 12.1. The first-order valence-electron chi connectivity index (χ1n) is 14.3. The van der Waals surface area contributed by atoms with Crippen LogP contribution in [0, 0.1) is 13.8 Å². The molecule has 1 atom stereocenters. The van der Waals surface area contributed by atoms with Crippen molar-refractivity contribution >= 4 is 40.9 Å². The van der Waals surface area contributed by atoms with E-state index in [1.807, 2.05) is 92.7 Å². The highest BCUT2D eigenvalue weighted by Crippen LogP contribution is 2.38. The number of benzene rings is 4. The molecule has 0 bridgehead atoms. The van der Waals surface area contributed by atoms with Crippen LogP contribution >= 0.6 is 23.4 Å². The van der Waals surface area contributed by atoms with Gasteiger partial charge in [0, 0.05) is 22.2 Å². The van der Waals surface area contributed by atoms with Gasteiger partial charge in [0.15, 0.2) is 0 Å². The molecule has 7 nitrogen and oxygen atoms in total. The lowest BCUT2D eigenvalue weighted by Gasteiger charge is -2.29. The minimum Gasteiger partial charge on any atom is -0.489 e. The standard InChI is InChI=1S/C35H32ClN5O2S/c1-22-9-8-11-25(19-22)20-43-28-17-15-26(16-18-28)32-31(33(42)38-30-14-7-4-10-23(30)2)24(3)37-34-39-35(40-41(32)34)44-21-27-12-5-6-13-29(27)36/h4-19,32H,20-21H2,1-3H3,(H,38,42)(H,37,39,40). The molecule has 5 aromatic rings. The fourth-order valence-corrected chi connectivity index (χ4v) is 6.29. The molecule has 1 aliphatic heterocycles. The number of carbonyl (C=O) groups excluding carboxylic acids is 1. The van der Waals surface area contributed by atoms with Gasteiger partial charge in [-0.05, 0) is 67.3 Å². The minimum absolute atomic E-state index is 0.208.